The number of hydrogen-bond acceptors (Lipinski definition) is 4. The van der Waals surface area contributed by atoms with E-state index in [1.54, 1.807) is 0 Å². The lowest BCUT2D eigenvalue weighted by atomic mass is 9.95. The molecule has 0 aliphatic heterocycles. The van der Waals surface area contributed by atoms with Crippen LogP contribution in [0.1, 0.15) is 44.6 Å². The molecular weight excluding hydrogens is 262 g/mol. The van der Waals surface area contributed by atoms with Gasteiger partial charge in [-0.1, -0.05) is 45.9 Å². The Labute approximate surface area is 126 Å². The topological polar surface area (TPSA) is 61.0 Å². The van der Waals surface area contributed by atoms with Crippen LogP contribution in [0.15, 0.2) is 24.3 Å². The molecule has 0 saturated heterocycles. The van der Waals surface area contributed by atoms with Gasteiger partial charge in [0.15, 0.2) is 0 Å². The average Bonchev–Trinajstić information content (AvgIpc) is 2.43. The maximum absolute atomic E-state index is 6.02. The third-order valence-corrected chi connectivity index (χ3v) is 3.37. The van der Waals surface area contributed by atoms with E-state index >= 15 is 0 Å². The zero-order valence-corrected chi connectivity index (χ0v) is 13.4. The van der Waals surface area contributed by atoms with Gasteiger partial charge in [-0.05, 0) is 25.0 Å². The molecule has 0 fully saturated rings. The van der Waals surface area contributed by atoms with Crippen LogP contribution in [0.25, 0.3) is 0 Å². The minimum atomic E-state index is -0.176. The van der Waals surface area contributed by atoms with Crippen LogP contribution in [0.4, 0.5) is 5.82 Å². The molecule has 1 aromatic carbocycles. The highest BCUT2D eigenvalue weighted by molar-refractivity contribution is 5.47. The van der Waals surface area contributed by atoms with Crippen LogP contribution >= 0.6 is 0 Å². The van der Waals surface area contributed by atoms with E-state index in [2.05, 4.69) is 43.7 Å². The minimum absolute atomic E-state index is 0.176. The van der Waals surface area contributed by atoms with Gasteiger partial charge in [0.25, 0.3) is 0 Å². The number of benzene rings is 1. The van der Waals surface area contributed by atoms with Gasteiger partial charge >= 0.3 is 0 Å². The molecule has 2 N–H and O–H groups in total. The second-order valence-electron chi connectivity index (χ2n) is 6.18. The Morgan fingerprint density at radius 3 is 2.43 bits per heavy atom. The summed E-state index contributed by atoms with van der Waals surface area (Å²) in [6, 6.07) is 7.97. The molecule has 2 aromatic rings. The molecule has 4 heteroatoms. The number of aryl methyl sites for hydroxylation is 1. The van der Waals surface area contributed by atoms with Crippen molar-refractivity contribution in [2.75, 3.05) is 5.73 Å². The molecule has 1 aromatic heterocycles. The minimum Gasteiger partial charge on any atom is -0.438 e. The van der Waals surface area contributed by atoms with Crippen molar-refractivity contribution in [1.82, 2.24) is 9.97 Å². The number of ether oxygens (including phenoxy) is 1. The first kappa shape index (κ1) is 15.3. The van der Waals surface area contributed by atoms with E-state index in [1.165, 1.54) is 0 Å². The normalized spacial score (nSPS) is 11.5. The number of hydrogen-bond donors (Lipinski definition) is 1. The predicted molar refractivity (Wildman–Crippen MR) is 85.8 cm³/mol. The van der Waals surface area contributed by atoms with Crippen molar-refractivity contribution in [3.8, 4) is 11.6 Å². The zero-order chi connectivity index (χ0) is 15.6. The van der Waals surface area contributed by atoms with Gasteiger partial charge in [0, 0.05) is 5.41 Å². The number of para-hydroxylation sites is 1. The van der Waals surface area contributed by atoms with Crippen LogP contribution in [0, 0.1) is 6.92 Å². The van der Waals surface area contributed by atoms with E-state index in [-0.39, 0.29) is 5.41 Å². The molecule has 0 atom stereocenters. The van der Waals surface area contributed by atoms with E-state index in [0.717, 1.165) is 23.3 Å². The van der Waals surface area contributed by atoms with Crippen molar-refractivity contribution in [3.05, 3.63) is 41.2 Å². The molecule has 0 aliphatic carbocycles. The maximum Gasteiger partial charge on any atom is 0.227 e. The van der Waals surface area contributed by atoms with E-state index in [4.69, 9.17) is 10.5 Å². The fraction of sp³-hybridized carbons (Fsp3) is 0.412. The molecule has 0 amide bonds. The molecule has 112 valence electrons. The Kier molecular flexibility index (Phi) is 4.16. The highest BCUT2D eigenvalue weighted by atomic mass is 16.5. The van der Waals surface area contributed by atoms with Gasteiger partial charge in [0.1, 0.15) is 17.4 Å². The molecule has 0 spiro atoms. The third-order valence-electron chi connectivity index (χ3n) is 3.37. The van der Waals surface area contributed by atoms with Crippen LogP contribution in [0.2, 0.25) is 0 Å². The fourth-order valence-electron chi connectivity index (χ4n) is 1.95. The quantitative estimate of drug-likeness (QED) is 0.925. The van der Waals surface area contributed by atoms with E-state index in [9.17, 15) is 0 Å². The first-order valence-corrected chi connectivity index (χ1v) is 7.23. The molecule has 1 heterocycles. The van der Waals surface area contributed by atoms with Crippen molar-refractivity contribution >= 4 is 5.82 Å². The Hall–Kier alpha value is -2.10. The van der Waals surface area contributed by atoms with Gasteiger partial charge in [-0.15, -0.1) is 0 Å². The number of anilines is 1. The summed E-state index contributed by atoms with van der Waals surface area (Å²) in [6.45, 7) is 10.2. The lowest BCUT2D eigenvalue weighted by molar-refractivity contribution is 0.438. The summed E-state index contributed by atoms with van der Waals surface area (Å²) in [5, 5.41) is 0. The van der Waals surface area contributed by atoms with Crippen LogP contribution in [0.5, 0.6) is 11.6 Å². The molecule has 0 bridgehead atoms. The van der Waals surface area contributed by atoms with Gasteiger partial charge in [-0.3, -0.25) is 0 Å². The number of nitrogen functional groups attached to an aromatic ring is 1. The Morgan fingerprint density at radius 2 is 1.81 bits per heavy atom. The highest BCUT2D eigenvalue weighted by Gasteiger charge is 2.21. The summed E-state index contributed by atoms with van der Waals surface area (Å²) in [5.74, 6) is 2.52. The van der Waals surface area contributed by atoms with E-state index < -0.39 is 0 Å². The Balaban J connectivity index is 2.46. The molecule has 0 unspecified atom stereocenters. The second-order valence-corrected chi connectivity index (χ2v) is 6.18. The fourth-order valence-corrected chi connectivity index (χ4v) is 1.95. The largest absolute Gasteiger partial charge is 0.438 e. The van der Waals surface area contributed by atoms with Gasteiger partial charge in [0.05, 0.1) is 5.56 Å². The van der Waals surface area contributed by atoms with Crippen molar-refractivity contribution < 1.29 is 4.74 Å². The first-order chi connectivity index (χ1) is 9.82. The Morgan fingerprint density at radius 1 is 1.14 bits per heavy atom. The average molecular weight is 285 g/mol. The second kappa shape index (κ2) is 5.72. The number of rotatable bonds is 3. The van der Waals surface area contributed by atoms with E-state index in [0.29, 0.717) is 17.5 Å². The summed E-state index contributed by atoms with van der Waals surface area (Å²) in [5.41, 5.74) is 7.75. The third kappa shape index (κ3) is 3.32. The SMILES string of the molecule is CCc1ccccc1Oc1nc(C(C)(C)C)nc(N)c1C. The molecule has 0 radical (unpaired) electrons. The molecule has 0 saturated carbocycles. The lowest BCUT2D eigenvalue weighted by Crippen LogP contribution is -2.18. The lowest BCUT2D eigenvalue weighted by Gasteiger charge is -2.19. The number of aromatic nitrogens is 2. The number of nitrogens with zero attached hydrogens (tertiary/aromatic N) is 2. The summed E-state index contributed by atoms with van der Waals surface area (Å²) >= 11 is 0. The van der Waals surface area contributed by atoms with Gasteiger partial charge in [0.2, 0.25) is 5.88 Å². The van der Waals surface area contributed by atoms with Crippen LogP contribution in [0.3, 0.4) is 0 Å². The summed E-state index contributed by atoms with van der Waals surface area (Å²) in [6.07, 6.45) is 0.905. The van der Waals surface area contributed by atoms with Crippen molar-refractivity contribution in [3.63, 3.8) is 0 Å². The first-order valence-electron chi connectivity index (χ1n) is 7.23. The zero-order valence-electron chi connectivity index (χ0n) is 13.4. The van der Waals surface area contributed by atoms with Crippen LogP contribution < -0.4 is 10.5 Å². The molecule has 2 rings (SSSR count). The predicted octanol–water partition coefficient (Wildman–Crippen LogP) is 4.02. The van der Waals surface area contributed by atoms with Gasteiger partial charge in [-0.2, -0.15) is 4.98 Å². The molecule has 0 aliphatic rings. The standard InChI is InChI=1S/C17H23N3O/c1-6-12-9-7-8-10-13(12)21-15-11(2)14(18)19-16(20-15)17(3,4)5/h7-10H,6H2,1-5H3,(H2,18,19,20). The van der Waals surface area contributed by atoms with E-state index in [1.807, 2.05) is 25.1 Å². The summed E-state index contributed by atoms with van der Waals surface area (Å²) in [7, 11) is 0. The van der Waals surface area contributed by atoms with Crippen LogP contribution in [-0.2, 0) is 11.8 Å². The maximum atomic E-state index is 6.02. The monoisotopic (exact) mass is 285 g/mol. The highest BCUT2D eigenvalue weighted by Crippen LogP contribution is 2.31. The summed E-state index contributed by atoms with van der Waals surface area (Å²) in [4.78, 5) is 8.94. The van der Waals surface area contributed by atoms with Crippen molar-refractivity contribution in [2.24, 2.45) is 0 Å². The molecular formula is C17H23N3O. The smallest absolute Gasteiger partial charge is 0.227 e. The van der Waals surface area contributed by atoms with Crippen molar-refractivity contribution in [2.45, 2.75) is 46.5 Å². The summed E-state index contributed by atoms with van der Waals surface area (Å²) < 4.78 is 6.02. The number of nitrogens with two attached hydrogens (primary N) is 1. The molecule has 4 nitrogen and oxygen atoms in total. The molecule has 21 heavy (non-hydrogen) atoms. The van der Waals surface area contributed by atoms with Crippen molar-refractivity contribution in [1.29, 1.82) is 0 Å². The van der Waals surface area contributed by atoms with Gasteiger partial charge in [-0.25, -0.2) is 4.98 Å². The van der Waals surface area contributed by atoms with Crippen LogP contribution in [-0.4, -0.2) is 9.97 Å². The van der Waals surface area contributed by atoms with Gasteiger partial charge < -0.3 is 10.5 Å². The Bertz CT molecular complexity index is 645.